The molecule has 0 unspecified atom stereocenters. The van der Waals surface area contributed by atoms with Gasteiger partial charge in [0.05, 0.1) is 6.33 Å². The van der Waals surface area contributed by atoms with Gasteiger partial charge in [-0.25, -0.2) is 4.98 Å². The van der Waals surface area contributed by atoms with Gasteiger partial charge in [0.15, 0.2) is 0 Å². The van der Waals surface area contributed by atoms with Gasteiger partial charge in [-0.1, -0.05) is 0 Å². The van der Waals surface area contributed by atoms with Gasteiger partial charge in [0, 0.05) is 12.4 Å². The summed E-state index contributed by atoms with van der Waals surface area (Å²) in [4.78, 5) is 6.42. The maximum Gasteiger partial charge on any atom is 2.00 e. The summed E-state index contributed by atoms with van der Waals surface area (Å²) in [5.41, 5.74) is 0. The van der Waals surface area contributed by atoms with E-state index >= 15 is 0 Å². The first-order valence-corrected chi connectivity index (χ1v) is 1.43. The van der Waals surface area contributed by atoms with Crippen LogP contribution in [0.25, 0.3) is 0 Å². The molecule has 50 valence electrons. The minimum absolute atomic E-state index is 0. The molecule has 0 fully saturated rings. The number of halogens is 2. The molecule has 1 rings (SSSR count). The second-order valence-electron chi connectivity index (χ2n) is 0.761. The summed E-state index contributed by atoms with van der Waals surface area (Å²) in [6.07, 6.45) is 5.08. The summed E-state index contributed by atoms with van der Waals surface area (Å²) >= 11 is 0. The summed E-state index contributed by atoms with van der Waals surface area (Å²) in [7, 11) is 0. The monoisotopic (exact) mass is 180 g/mol. The quantitative estimate of drug-likeness (QED) is 0.397. The minimum atomic E-state index is 0. The molecular weight excluding hydrogens is 175 g/mol. The number of H-pyrrole nitrogens is 1. The Bertz CT molecular complexity index is 76.3. The summed E-state index contributed by atoms with van der Waals surface area (Å²) < 4.78 is 0. The molecule has 9 heavy (non-hydrogen) atoms. The Hall–Kier alpha value is 0.516. The topological polar surface area (TPSA) is 60.2 Å². The van der Waals surface area contributed by atoms with Crippen molar-refractivity contribution in [1.82, 2.24) is 9.97 Å². The van der Waals surface area contributed by atoms with Crippen LogP contribution in [-0.4, -0.2) is 38.5 Å². The molecule has 0 amide bonds. The molecule has 0 bridgehead atoms. The number of nitrogens with zero attached hydrogens (tertiary/aromatic N) is 1. The number of aromatic amines is 1. The maximum absolute atomic E-state index is 3.67. The Labute approximate surface area is 81.9 Å². The van der Waals surface area contributed by atoms with E-state index in [2.05, 4.69) is 9.97 Å². The first-order valence-electron chi connectivity index (χ1n) is 1.43. The molecular formula is C3H6Cl2MgN2O. The zero-order valence-electron chi connectivity index (χ0n) is 4.64. The van der Waals surface area contributed by atoms with Crippen molar-refractivity contribution in [2.45, 2.75) is 0 Å². The molecule has 6 heteroatoms. The molecule has 1 aromatic heterocycles. The molecule has 0 spiro atoms. The molecule has 0 saturated heterocycles. The van der Waals surface area contributed by atoms with Gasteiger partial charge in [-0.05, 0) is 0 Å². The number of imidazole rings is 1. The minimum Gasteiger partial charge on any atom is -1.00 e. The molecule has 0 aliphatic heterocycles. The Morgan fingerprint density at radius 3 is 1.89 bits per heavy atom. The molecule has 3 N–H and O–H groups in total. The van der Waals surface area contributed by atoms with E-state index in [4.69, 9.17) is 0 Å². The van der Waals surface area contributed by atoms with Crippen LogP contribution in [0.2, 0.25) is 0 Å². The van der Waals surface area contributed by atoms with Gasteiger partial charge in [0.2, 0.25) is 0 Å². The fourth-order valence-electron chi connectivity index (χ4n) is 0.215. The van der Waals surface area contributed by atoms with E-state index in [0.29, 0.717) is 0 Å². The van der Waals surface area contributed by atoms with Gasteiger partial charge in [0.1, 0.15) is 0 Å². The third-order valence-electron chi connectivity index (χ3n) is 0.406. The Kier molecular flexibility index (Phi) is 39.8. The second kappa shape index (κ2) is 15.8. The van der Waals surface area contributed by atoms with E-state index in [0.717, 1.165) is 0 Å². The predicted octanol–water partition coefficient (Wildman–Crippen LogP) is -6.79. The molecule has 1 aromatic rings. The molecule has 0 atom stereocenters. The number of nitrogens with one attached hydrogen (secondary N) is 1. The molecule has 1 heterocycles. The summed E-state index contributed by atoms with van der Waals surface area (Å²) in [6.45, 7) is 0. The van der Waals surface area contributed by atoms with Crippen molar-refractivity contribution < 1.29 is 30.3 Å². The van der Waals surface area contributed by atoms with Crippen molar-refractivity contribution >= 4 is 23.1 Å². The maximum atomic E-state index is 3.67. The van der Waals surface area contributed by atoms with E-state index in [1.54, 1.807) is 18.7 Å². The Morgan fingerprint density at radius 1 is 1.22 bits per heavy atom. The molecule has 0 saturated carbocycles. The van der Waals surface area contributed by atoms with Crippen molar-refractivity contribution in [2.75, 3.05) is 0 Å². The van der Waals surface area contributed by atoms with E-state index in [9.17, 15) is 0 Å². The smallest absolute Gasteiger partial charge is 1.00 e. The average molecular weight is 181 g/mol. The van der Waals surface area contributed by atoms with Crippen molar-refractivity contribution in [3.63, 3.8) is 0 Å². The van der Waals surface area contributed by atoms with Crippen LogP contribution in [0.4, 0.5) is 0 Å². The standard InChI is InChI=1S/C3H4N2.2ClH.Mg.H2O/c1-2-5-3-4-1;;;;/h1-3H,(H,4,5);2*1H;;1H2/q;;;+2;/p-2. The van der Waals surface area contributed by atoms with Crippen molar-refractivity contribution in [3.8, 4) is 0 Å². The Balaban J connectivity index is -0.0000000312. The van der Waals surface area contributed by atoms with Crippen molar-refractivity contribution in [3.05, 3.63) is 18.7 Å². The van der Waals surface area contributed by atoms with Gasteiger partial charge < -0.3 is 35.3 Å². The van der Waals surface area contributed by atoms with E-state index in [1.807, 2.05) is 0 Å². The van der Waals surface area contributed by atoms with Crippen LogP contribution in [-0.2, 0) is 0 Å². The van der Waals surface area contributed by atoms with Crippen molar-refractivity contribution in [1.29, 1.82) is 0 Å². The zero-order chi connectivity index (χ0) is 3.54. The molecule has 0 aliphatic rings. The first-order chi connectivity index (χ1) is 2.50. The third kappa shape index (κ3) is 11.9. The van der Waals surface area contributed by atoms with E-state index < -0.39 is 0 Å². The Morgan fingerprint density at radius 2 is 1.78 bits per heavy atom. The van der Waals surface area contributed by atoms with Gasteiger partial charge in [0.25, 0.3) is 0 Å². The van der Waals surface area contributed by atoms with Crippen LogP contribution >= 0.6 is 0 Å². The van der Waals surface area contributed by atoms with Crippen LogP contribution < -0.4 is 24.8 Å². The number of hydrogen-bond acceptors (Lipinski definition) is 1. The average Bonchev–Trinajstić information content (AvgIpc) is 1.76. The molecule has 0 radical (unpaired) electrons. The van der Waals surface area contributed by atoms with Crippen LogP contribution in [0.5, 0.6) is 0 Å². The van der Waals surface area contributed by atoms with Crippen molar-refractivity contribution in [2.24, 2.45) is 0 Å². The molecule has 0 aromatic carbocycles. The van der Waals surface area contributed by atoms with Crippen LogP contribution in [0.1, 0.15) is 0 Å². The third-order valence-corrected chi connectivity index (χ3v) is 0.406. The summed E-state index contributed by atoms with van der Waals surface area (Å²) in [5.74, 6) is 0. The second-order valence-corrected chi connectivity index (χ2v) is 0.761. The van der Waals surface area contributed by atoms with Gasteiger partial charge >= 0.3 is 23.1 Å². The largest absolute Gasteiger partial charge is 2.00 e. The van der Waals surface area contributed by atoms with Crippen LogP contribution in [0.3, 0.4) is 0 Å². The van der Waals surface area contributed by atoms with Crippen LogP contribution in [0.15, 0.2) is 18.7 Å². The molecule has 0 aliphatic carbocycles. The van der Waals surface area contributed by atoms with Gasteiger partial charge in [-0.3, -0.25) is 0 Å². The van der Waals surface area contributed by atoms with E-state index in [1.165, 1.54) is 0 Å². The summed E-state index contributed by atoms with van der Waals surface area (Å²) in [6, 6.07) is 0. The number of rotatable bonds is 0. The predicted molar refractivity (Wildman–Crippen MR) is 28.0 cm³/mol. The normalized spacial score (nSPS) is 4.44. The number of hydrogen-bond donors (Lipinski definition) is 1. The fourth-order valence-corrected chi connectivity index (χ4v) is 0.215. The van der Waals surface area contributed by atoms with Gasteiger partial charge in [-0.2, -0.15) is 0 Å². The fraction of sp³-hybridized carbons (Fsp3) is 0. The summed E-state index contributed by atoms with van der Waals surface area (Å²) in [5, 5.41) is 0. The first kappa shape index (κ1) is 22.7. The molecule has 3 nitrogen and oxygen atoms in total. The number of aromatic nitrogens is 2. The van der Waals surface area contributed by atoms with E-state index in [-0.39, 0.29) is 53.3 Å². The van der Waals surface area contributed by atoms with Crippen LogP contribution in [0, 0.1) is 0 Å². The van der Waals surface area contributed by atoms with Gasteiger partial charge in [-0.15, -0.1) is 0 Å². The zero-order valence-corrected chi connectivity index (χ0v) is 7.57. The SMILES string of the molecule is O.[Cl-].[Cl-].[Mg+2].c1c[nH]cn1.